The van der Waals surface area contributed by atoms with Crippen LogP contribution in [-0.2, 0) is 20.7 Å². The number of morpholine rings is 1. The lowest BCUT2D eigenvalue weighted by Crippen LogP contribution is -2.61. The number of fused-ring (bicyclic) bond motifs is 1. The summed E-state index contributed by atoms with van der Waals surface area (Å²) in [5.41, 5.74) is -0.0184. The van der Waals surface area contributed by atoms with Crippen LogP contribution in [0.15, 0.2) is 60.7 Å². The molecule has 218 valence electrons. The van der Waals surface area contributed by atoms with E-state index >= 15 is 0 Å². The largest absolute Gasteiger partial charge is 0.379 e. The average molecular weight is 577 g/mol. The molecule has 5 rings (SSSR count). The summed E-state index contributed by atoms with van der Waals surface area (Å²) in [4.78, 5) is 45.8. The predicted molar refractivity (Wildman–Crippen MR) is 162 cm³/mol. The quantitative estimate of drug-likeness (QED) is 0.339. The minimum Gasteiger partial charge on any atom is -0.379 e. The molecule has 2 N–H and O–H groups in total. The molecule has 0 radical (unpaired) electrons. The van der Waals surface area contributed by atoms with Crippen LogP contribution in [0, 0.1) is 0 Å². The molecule has 1 saturated carbocycles. The SMILES string of the molecule is CN(C(=O)c1cc2ccccc2s1)C1(C(=O)N[C@H](Cc2ccccc2)C(=O)NCCCN2CCOCC2)CCCC1. The van der Waals surface area contributed by atoms with Crippen LogP contribution in [0.1, 0.15) is 47.3 Å². The van der Waals surface area contributed by atoms with Gasteiger partial charge in [0.05, 0.1) is 18.1 Å². The van der Waals surface area contributed by atoms with Crippen LogP contribution in [0.5, 0.6) is 0 Å². The molecule has 2 aliphatic rings. The smallest absolute Gasteiger partial charge is 0.264 e. The van der Waals surface area contributed by atoms with Crippen LogP contribution in [0.2, 0.25) is 0 Å². The normalized spacial score (nSPS) is 17.7. The minimum atomic E-state index is -0.987. The summed E-state index contributed by atoms with van der Waals surface area (Å²) in [6.45, 7) is 4.76. The van der Waals surface area contributed by atoms with Gasteiger partial charge in [0.25, 0.3) is 5.91 Å². The van der Waals surface area contributed by atoms with Gasteiger partial charge in [-0.25, -0.2) is 0 Å². The lowest BCUT2D eigenvalue weighted by Gasteiger charge is -2.38. The number of likely N-dealkylation sites (N-methyl/N-ethyl adjacent to an activating group) is 1. The molecule has 1 aliphatic carbocycles. The van der Waals surface area contributed by atoms with E-state index in [1.54, 1.807) is 11.9 Å². The number of carbonyl (C=O) groups is 3. The van der Waals surface area contributed by atoms with Crippen LogP contribution < -0.4 is 10.6 Å². The first-order valence-corrected chi connectivity index (χ1v) is 15.5. The van der Waals surface area contributed by atoms with E-state index in [2.05, 4.69) is 15.5 Å². The number of carbonyl (C=O) groups excluding carboxylic acids is 3. The molecule has 0 unspecified atom stereocenters. The molecular weight excluding hydrogens is 536 g/mol. The van der Waals surface area contributed by atoms with Gasteiger partial charge < -0.3 is 20.3 Å². The van der Waals surface area contributed by atoms with E-state index in [0.29, 0.717) is 30.7 Å². The first kappa shape index (κ1) is 29.2. The molecule has 9 heteroatoms. The van der Waals surface area contributed by atoms with Crippen molar-refractivity contribution in [3.63, 3.8) is 0 Å². The second kappa shape index (κ2) is 13.6. The highest BCUT2D eigenvalue weighted by atomic mass is 32.1. The molecule has 3 amide bonds. The Morgan fingerprint density at radius 1 is 1.02 bits per heavy atom. The Labute approximate surface area is 246 Å². The van der Waals surface area contributed by atoms with Crippen molar-refractivity contribution in [3.05, 3.63) is 71.1 Å². The third-order valence-corrected chi connectivity index (χ3v) is 9.50. The maximum Gasteiger partial charge on any atom is 0.264 e. The maximum absolute atomic E-state index is 14.1. The van der Waals surface area contributed by atoms with Gasteiger partial charge in [-0.3, -0.25) is 19.3 Å². The molecule has 0 bridgehead atoms. The fourth-order valence-corrected chi connectivity index (χ4v) is 6.97. The summed E-state index contributed by atoms with van der Waals surface area (Å²) in [5, 5.41) is 7.16. The third-order valence-electron chi connectivity index (χ3n) is 8.39. The van der Waals surface area contributed by atoms with Gasteiger partial charge in [-0.05, 0) is 48.9 Å². The molecule has 41 heavy (non-hydrogen) atoms. The lowest BCUT2D eigenvalue weighted by atomic mass is 9.92. The highest BCUT2D eigenvalue weighted by Gasteiger charge is 2.48. The molecule has 1 aromatic heterocycles. The Morgan fingerprint density at radius 3 is 2.46 bits per heavy atom. The first-order valence-electron chi connectivity index (χ1n) is 14.7. The van der Waals surface area contributed by atoms with Crippen LogP contribution >= 0.6 is 11.3 Å². The summed E-state index contributed by atoms with van der Waals surface area (Å²) in [6.07, 6.45) is 4.07. The number of ether oxygens (including phenoxy) is 1. The topological polar surface area (TPSA) is 91.0 Å². The third kappa shape index (κ3) is 6.97. The van der Waals surface area contributed by atoms with Crippen molar-refractivity contribution in [1.82, 2.24) is 20.4 Å². The number of rotatable bonds is 11. The van der Waals surface area contributed by atoms with Gasteiger partial charge in [-0.15, -0.1) is 11.3 Å². The van der Waals surface area contributed by atoms with Crippen LogP contribution in [-0.4, -0.2) is 85.5 Å². The number of hydrogen-bond donors (Lipinski definition) is 2. The fraction of sp³-hybridized carbons (Fsp3) is 0.469. The van der Waals surface area contributed by atoms with Gasteiger partial charge in [0.1, 0.15) is 11.6 Å². The van der Waals surface area contributed by atoms with Crippen molar-refractivity contribution in [2.45, 2.75) is 50.1 Å². The molecule has 2 heterocycles. The lowest BCUT2D eigenvalue weighted by molar-refractivity contribution is -0.135. The zero-order chi connectivity index (χ0) is 28.7. The van der Waals surface area contributed by atoms with Gasteiger partial charge >= 0.3 is 0 Å². The van der Waals surface area contributed by atoms with E-state index in [1.807, 2.05) is 60.7 Å². The van der Waals surface area contributed by atoms with Gasteiger partial charge in [0.15, 0.2) is 0 Å². The summed E-state index contributed by atoms with van der Waals surface area (Å²) in [6, 6.07) is 18.8. The average Bonchev–Trinajstić information content (AvgIpc) is 3.68. The molecule has 1 saturated heterocycles. The minimum absolute atomic E-state index is 0.157. The molecule has 2 aromatic carbocycles. The number of hydrogen-bond acceptors (Lipinski definition) is 6. The van der Waals surface area contributed by atoms with E-state index in [1.165, 1.54) is 11.3 Å². The Balaban J connectivity index is 1.28. The number of nitrogens with one attached hydrogen (secondary N) is 2. The van der Waals surface area contributed by atoms with Crippen molar-refractivity contribution < 1.29 is 19.1 Å². The second-order valence-electron chi connectivity index (χ2n) is 11.1. The second-order valence-corrected chi connectivity index (χ2v) is 12.1. The van der Waals surface area contributed by atoms with Crippen molar-refractivity contribution in [3.8, 4) is 0 Å². The molecule has 3 aromatic rings. The van der Waals surface area contributed by atoms with Gasteiger partial charge in [-0.2, -0.15) is 0 Å². The number of amides is 3. The van der Waals surface area contributed by atoms with Crippen molar-refractivity contribution in [2.75, 3.05) is 46.4 Å². The van der Waals surface area contributed by atoms with E-state index < -0.39 is 11.6 Å². The Bertz CT molecular complexity index is 1300. The van der Waals surface area contributed by atoms with E-state index in [0.717, 1.165) is 67.8 Å². The molecule has 8 nitrogen and oxygen atoms in total. The summed E-state index contributed by atoms with van der Waals surface area (Å²) in [7, 11) is 1.73. The number of nitrogens with zero attached hydrogens (tertiary/aromatic N) is 2. The monoisotopic (exact) mass is 576 g/mol. The van der Waals surface area contributed by atoms with E-state index in [-0.39, 0.29) is 17.7 Å². The van der Waals surface area contributed by atoms with Crippen molar-refractivity contribution in [1.29, 1.82) is 0 Å². The van der Waals surface area contributed by atoms with Crippen LogP contribution in [0.25, 0.3) is 10.1 Å². The first-order chi connectivity index (χ1) is 20.0. The predicted octanol–water partition coefficient (Wildman–Crippen LogP) is 3.85. The molecular formula is C32H40N4O4S. The number of thiophene rings is 1. The van der Waals surface area contributed by atoms with Crippen molar-refractivity contribution >= 4 is 39.1 Å². The fourth-order valence-electron chi connectivity index (χ4n) is 5.94. The molecule has 0 spiro atoms. The number of benzene rings is 2. The zero-order valence-corrected chi connectivity index (χ0v) is 24.6. The van der Waals surface area contributed by atoms with Crippen LogP contribution in [0.3, 0.4) is 0 Å². The standard InChI is InChI=1S/C32H40N4O4S/c1-35(30(38)28-23-25-12-5-6-13-27(25)41-28)32(14-7-8-15-32)31(39)34-26(22-24-10-3-2-4-11-24)29(37)33-16-9-17-36-18-20-40-21-19-36/h2-6,10-13,23,26H,7-9,14-22H2,1H3,(H,33,37)(H,34,39)/t26-/m1/s1. The summed E-state index contributed by atoms with van der Waals surface area (Å²) < 4.78 is 6.46. The highest BCUT2D eigenvalue weighted by Crippen LogP contribution is 2.37. The van der Waals surface area contributed by atoms with Crippen LogP contribution in [0.4, 0.5) is 0 Å². The Kier molecular flexibility index (Phi) is 9.69. The molecule has 1 atom stereocenters. The van der Waals surface area contributed by atoms with Gasteiger partial charge in [0, 0.05) is 37.8 Å². The van der Waals surface area contributed by atoms with Crippen molar-refractivity contribution in [2.24, 2.45) is 0 Å². The Morgan fingerprint density at radius 2 is 1.73 bits per heavy atom. The zero-order valence-electron chi connectivity index (χ0n) is 23.8. The highest BCUT2D eigenvalue weighted by molar-refractivity contribution is 7.20. The summed E-state index contributed by atoms with van der Waals surface area (Å²) >= 11 is 1.45. The summed E-state index contributed by atoms with van der Waals surface area (Å²) in [5.74, 6) is -0.609. The maximum atomic E-state index is 14.1. The molecule has 2 fully saturated rings. The van der Waals surface area contributed by atoms with E-state index in [4.69, 9.17) is 4.74 Å². The van der Waals surface area contributed by atoms with Gasteiger partial charge in [0.2, 0.25) is 11.8 Å². The van der Waals surface area contributed by atoms with Gasteiger partial charge in [-0.1, -0.05) is 61.4 Å². The molecule has 1 aliphatic heterocycles. The van der Waals surface area contributed by atoms with E-state index in [9.17, 15) is 14.4 Å². The Hall–Kier alpha value is -3.27.